The molecule has 0 aliphatic heterocycles. The summed E-state index contributed by atoms with van der Waals surface area (Å²) in [6.07, 6.45) is 5.68. The van der Waals surface area contributed by atoms with Crippen LogP contribution >= 0.6 is 0 Å². The number of rotatable bonds is 9. The molecule has 156 valence electrons. The van der Waals surface area contributed by atoms with Crippen LogP contribution in [0.3, 0.4) is 0 Å². The molecule has 2 aromatic rings. The van der Waals surface area contributed by atoms with Gasteiger partial charge in [-0.2, -0.15) is 0 Å². The summed E-state index contributed by atoms with van der Waals surface area (Å²) >= 11 is 0. The SMILES string of the molecule is CC(C)Cn1c(CN(C(=O)C2CC2)C2CC2)cnc1S(=O)(=O)Cc1ccccc1. The first-order chi connectivity index (χ1) is 13.8. The number of aromatic nitrogens is 2. The summed E-state index contributed by atoms with van der Waals surface area (Å²) in [4.78, 5) is 19.0. The Morgan fingerprint density at radius 2 is 1.86 bits per heavy atom. The van der Waals surface area contributed by atoms with Gasteiger partial charge in [-0.05, 0) is 37.2 Å². The van der Waals surface area contributed by atoms with E-state index >= 15 is 0 Å². The van der Waals surface area contributed by atoms with Crippen molar-refractivity contribution in [1.29, 1.82) is 0 Å². The Morgan fingerprint density at radius 1 is 1.17 bits per heavy atom. The van der Waals surface area contributed by atoms with Crippen molar-refractivity contribution in [3.8, 4) is 0 Å². The molecule has 0 N–H and O–H groups in total. The van der Waals surface area contributed by atoms with E-state index in [-0.39, 0.29) is 28.7 Å². The molecule has 0 spiro atoms. The van der Waals surface area contributed by atoms with Gasteiger partial charge in [-0.25, -0.2) is 13.4 Å². The van der Waals surface area contributed by atoms with Crippen LogP contribution in [0.5, 0.6) is 0 Å². The van der Waals surface area contributed by atoms with Gasteiger partial charge in [-0.1, -0.05) is 44.2 Å². The fourth-order valence-electron chi connectivity index (χ4n) is 3.70. The molecule has 2 saturated carbocycles. The second kappa shape index (κ2) is 7.94. The Bertz CT molecular complexity index is 974. The predicted molar refractivity (Wildman–Crippen MR) is 111 cm³/mol. The van der Waals surface area contributed by atoms with E-state index in [4.69, 9.17) is 0 Å². The van der Waals surface area contributed by atoms with Crippen LogP contribution in [0, 0.1) is 11.8 Å². The third-order valence-corrected chi connectivity index (χ3v) is 7.05. The maximum Gasteiger partial charge on any atom is 0.228 e. The Labute approximate surface area is 172 Å². The average Bonchev–Trinajstić information content (AvgIpc) is 3.58. The highest BCUT2D eigenvalue weighted by atomic mass is 32.2. The molecule has 0 unspecified atom stereocenters. The number of amides is 1. The molecule has 0 bridgehead atoms. The minimum atomic E-state index is -3.59. The summed E-state index contributed by atoms with van der Waals surface area (Å²) in [5.41, 5.74) is 1.56. The summed E-state index contributed by atoms with van der Waals surface area (Å²) < 4.78 is 28.1. The molecule has 6 nitrogen and oxygen atoms in total. The Balaban J connectivity index is 1.63. The van der Waals surface area contributed by atoms with Gasteiger partial charge in [0.1, 0.15) is 0 Å². The second-order valence-corrected chi connectivity index (χ2v) is 10.6. The maximum atomic E-state index is 13.1. The van der Waals surface area contributed by atoms with E-state index in [0.29, 0.717) is 19.1 Å². The molecule has 1 heterocycles. The van der Waals surface area contributed by atoms with Crippen molar-refractivity contribution >= 4 is 15.7 Å². The van der Waals surface area contributed by atoms with Crippen LogP contribution in [0.4, 0.5) is 0 Å². The molecule has 2 aliphatic carbocycles. The number of hydrogen-bond donors (Lipinski definition) is 0. The number of sulfone groups is 1. The topological polar surface area (TPSA) is 72.3 Å². The van der Waals surface area contributed by atoms with Crippen molar-refractivity contribution in [3.05, 3.63) is 47.8 Å². The van der Waals surface area contributed by atoms with Gasteiger partial charge < -0.3 is 9.47 Å². The number of benzene rings is 1. The molecule has 1 aromatic carbocycles. The lowest BCUT2D eigenvalue weighted by atomic mass is 10.2. The maximum absolute atomic E-state index is 13.1. The summed E-state index contributed by atoms with van der Waals surface area (Å²) in [5, 5.41) is 0.111. The van der Waals surface area contributed by atoms with Gasteiger partial charge in [-0.3, -0.25) is 4.79 Å². The molecule has 1 aromatic heterocycles. The predicted octanol–water partition coefficient (Wildman–Crippen LogP) is 3.41. The molecular weight excluding hydrogens is 386 g/mol. The lowest BCUT2D eigenvalue weighted by molar-refractivity contribution is -0.133. The Hall–Kier alpha value is -2.15. The number of carbonyl (C=O) groups is 1. The number of imidazole rings is 1. The highest BCUT2D eigenvalue weighted by Crippen LogP contribution is 2.37. The van der Waals surface area contributed by atoms with Gasteiger partial charge >= 0.3 is 0 Å². The van der Waals surface area contributed by atoms with E-state index in [9.17, 15) is 13.2 Å². The van der Waals surface area contributed by atoms with Crippen molar-refractivity contribution in [2.75, 3.05) is 0 Å². The molecule has 2 fully saturated rings. The summed E-state index contributed by atoms with van der Waals surface area (Å²) in [5.74, 6) is 0.578. The van der Waals surface area contributed by atoms with E-state index in [1.54, 1.807) is 6.20 Å². The minimum Gasteiger partial charge on any atom is -0.334 e. The molecule has 1 amide bonds. The first-order valence-electron chi connectivity index (χ1n) is 10.5. The van der Waals surface area contributed by atoms with E-state index in [1.807, 2.05) is 39.8 Å². The molecule has 0 saturated heterocycles. The van der Waals surface area contributed by atoms with Crippen LogP contribution in [0.25, 0.3) is 0 Å². The largest absolute Gasteiger partial charge is 0.334 e. The number of nitrogens with zero attached hydrogens (tertiary/aromatic N) is 3. The highest BCUT2D eigenvalue weighted by molar-refractivity contribution is 7.90. The van der Waals surface area contributed by atoms with Gasteiger partial charge in [0, 0.05) is 18.5 Å². The Morgan fingerprint density at radius 3 is 2.45 bits per heavy atom. The molecule has 0 radical (unpaired) electrons. The lowest BCUT2D eigenvalue weighted by Gasteiger charge is -2.24. The third-order valence-electron chi connectivity index (χ3n) is 5.46. The van der Waals surface area contributed by atoms with Crippen LogP contribution < -0.4 is 0 Å². The van der Waals surface area contributed by atoms with Crippen LogP contribution in [-0.4, -0.2) is 34.8 Å². The molecule has 0 atom stereocenters. The summed E-state index contributed by atoms with van der Waals surface area (Å²) in [7, 11) is -3.59. The van der Waals surface area contributed by atoms with Crippen LogP contribution in [0.15, 0.2) is 41.7 Å². The van der Waals surface area contributed by atoms with E-state index in [0.717, 1.165) is 36.9 Å². The normalized spacial score (nSPS) is 16.9. The fourth-order valence-corrected chi connectivity index (χ4v) is 5.20. The van der Waals surface area contributed by atoms with Crippen LogP contribution in [0.1, 0.15) is 50.8 Å². The third kappa shape index (κ3) is 4.71. The standard InChI is InChI=1S/C22H29N3O3S/c1-16(2)13-25-20(14-24(19-10-11-19)21(26)18-8-9-18)12-23-22(25)29(27,28)15-17-6-4-3-5-7-17/h3-7,12,16,18-19H,8-11,13-15H2,1-2H3. The second-order valence-electron chi connectivity index (χ2n) is 8.75. The highest BCUT2D eigenvalue weighted by Gasteiger charge is 2.40. The van der Waals surface area contributed by atoms with Crippen molar-refractivity contribution in [1.82, 2.24) is 14.5 Å². The average molecular weight is 416 g/mol. The van der Waals surface area contributed by atoms with Crippen molar-refractivity contribution in [3.63, 3.8) is 0 Å². The van der Waals surface area contributed by atoms with Gasteiger partial charge in [0.2, 0.25) is 20.9 Å². The quantitative estimate of drug-likeness (QED) is 0.629. The zero-order valence-corrected chi connectivity index (χ0v) is 17.9. The van der Waals surface area contributed by atoms with E-state index in [1.165, 1.54) is 0 Å². The van der Waals surface area contributed by atoms with Crippen molar-refractivity contribution < 1.29 is 13.2 Å². The van der Waals surface area contributed by atoms with Gasteiger partial charge in [-0.15, -0.1) is 0 Å². The van der Waals surface area contributed by atoms with E-state index in [2.05, 4.69) is 18.8 Å². The monoisotopic (exact) mass is 415 g/mol. The first-order valence-corrected chi connectivity index (χ1v) is 12.1. The van der Waals surface area contributed by atoms with Crippen LogP contribution in [0.2, 0.25) is 0 Å². The molecule has 4 rings (SSSR count). The lowest BCUT2D eigenvalue weighted by Crippen LogP contribution is -2.34. The first kappa shape index (κ1) is 20.1. The van der Waals surface area contributed by atoms with Crippen molar-refractivity contribution in [2.24, 2.45) is 11.8 Å². The van der Waals surface area contributed by atoms with Crippen LogP contribution in [-0.2, 0) is 33.5 Å². The van der Waals surface area contributed by atoms with E-state index < -0.39 is 9.84 Å². The van der Waals surface area contributed by atoms with Gasteiger partial charge in [0.05, 0.1) is 24.2 Å². The molecule has 2 aliphatic rings. The minimum absolute atomic E-state index is 0.0737. The van der Waals surface area contributed by atoms with Gasteiger partial charge in [0.15, 0.2) is 0 Å². The zero-order valence-electron chi connectivity index (χ0n) is 17.1. The smallest absolute Gasteiger partial charge is 0.228 e. The van der Waals surface area contributed by atoms with Crippen molar-refractivity contribution in [2.45, 2.75) is 69.6 Å². The Kier molecular flexibility index (Phi) is 5.51. The number of hydrogen-bond acceptors (Lipinski definition) is 4. The summed E-state index contributed by atoms with van der Waals surface area (Å²) in [6, 6.07) is 9.49. The zero-order chi connectivity index (χ0) is 20.6. The molecule has 7 heteroatoms. The molecule has 29 heavy (non-hydrogen) atoms. The summed E-state index contributed by atoms with van der Waals surface area (Å²) in [6.45, 7) is 5.13. The fraction of sp³-hybridized carbons (Fsp3) is 0.545. The van der Waals surface area contributed by atoms with Gasteiger partial charge in [0.25, 0.3) is 0 Å². The number of carbonyl (C=O) groups excluding carboxylic acids is 1. The molecular formula is C22H29N3O3S.